The third-order valence-electron chi connectivity index (χ3n) is 13.4. The minimum absolute atomic E-state index is 0.231. The Kier molecular flexibility index (Phi) is 42.6. The van der Waals surface area contributed by atoms with Crippen LogP contribution < -0.4 is 5.32 Å². The van der Waals surface area contributed by atoms with Crippen LogP contribution in [0, 0.1) is 0 Å². The molecule has 1 amide bonds. The molecule has 9 N–H and O–H groups in total. The first-order chi connectivity index (χ1) is 37.6. The highest BCUT2D eigenvalue weighted by molar-refractivity contribution is 5.76. The van der Waals surface area contributed by atoms with E-state index in [0.29, 0.717) is 12.8 Å². The van der Waals surface area contributed by atoms with Crippen LogP contribution in [0.3, 0.4) is 0 Å². The van der Waals surface area contributed by atoms with Gasteiger partial charge in [0.2, 0.25) is 5.91 Å². The maximum atomic E-state index is 13.1. The largest absolute Gasteiger partial charge is 0.394 e. The SMILES string of the molecule is CC/C=C\C/C=C\C/C=C\C/C=C\C/C=C\C/C=C\C/C=C\C/C=C\C/C=C\C/C=C\CCCCCCCCCCC(=O)NC(COC1OC(CO)C(OC2OC(CO)C(O)C(O)C2O)C(O)C1O)C(O)CCCCCC. The predicted molar refractivity (Wildman–Crippen MR) is 308 cm³/mol. The van der Waals surface area contributed by atoms with Gasteiger partial charge in [0, 0.05) is 6.42 Å². The van der Waals surface area contributed by atoms with Crippen molar-refractivity contribution in [3.05, 3.63) is 122 Å². The fourth-order valence-corrected chi connectivity index (χ4v) is 8.73. The number of ether oxygens (including phenoxy) is 4. The molecule has 0 aromatic carbocycles. The molecule has 14 heteroatoms. The highest BCUT2D eigenvalue weighted by Crippen LogP contribution is 2.30. The zero-order valence-corrected chi connectivity index (χ0v) is 46.9. The Balaban J connectivity index is 1.54. The molecule has 12 atom stereocenters. The number of carbonyl (C=O) groups is 1. The number of nitrogens with one attached hydrogen (secondary N) is 1. The summed E-state index contributed by atoms with van der Waals surface area (Å²) < 4.78 is 22.6. The van der Waals surface area contributed by atoms with Crippen molar-refractivity contribution in [3.63, 3.8) is 0 Å². The topological polar surface area (TPSA) is 228 Å². The van der Waals surface area contributed by atoms with Crippen LogP contribution in [0.2, 0.25) is 0 Å². The smallest absolute Gasteiger partial charge is 0.220 e. The van der Waals surface area contributed by atoms with Gasteiger partial charge in [-0.3, -0.25) is 4.79 Å². The maximum absolute atomic E-state index is 13.1. The van der Waals surface area contributed by atoms with E-state index in [1.165, 1.54) is 19.3 Å². The molecule has 2 aliphatic rings. The zero-order valence-electron chi connectivity index (χ0n) is 46.9. The monoisotopic (exact) mass is 1080 g/mol. The molecule has 12 unspecified atom stereocenters. The van der Waals surface area contributed by atoms with Gasteiger partial charge in [0.15, 0.2) is 12.6 Å². The van der Waals surface area contributed by atoms with Crippen LogP contribution in [0.4, 0.5) is 0 Å². The molecule has 2 saturated heterocycles. The first-order valence-corrected chi connectivity index (χ1v) is 29.3. The Labute approximate surface area is 463 Å². The van der Waals surface area contributed by atoms with E-state index in [9.17, 15) is 45.6 Å². The van der Waals surface area contributed by atoms with Gasteiger partial charge >= 0.3 is 0 Å². The van der Waals surface area contributed by atoms with Crippen molar-refractivity contribution in [3.8, 4) is 0 Å². The summed E-state index contributed by atoms with van der Waals surface area (Å²) in [5, 5.41) is 86.3. The number of amides is 1. The van der Waals surface area contributed by atoms with Crippen molar-refractivity contribution in [1.82, 2.24) is 5.32 Å². The van der Waals surface area contributed by atoms with Gasteiger partial charge in [0.05, 0.1) is 32.0 Å². The first kappa shape index (κ1) is 69.5. The molecule has 14 nitrogen and oxygen atoms in total. The summed E-state index contributed by atoms with van der Waals surface area (Å²) in [6.45, 7) is 2.57. The molecular formula is C63H103NO13. The zero-order chi connectivity index (χ0) is 56.0. The van der Waals surface area contributed by atoms with Crippen LogP contribution in [0.5, 0.6) is 0 Å². The Hall–Kier alpha value is -3.61. The van der Waals surface area contributed by atoms with Crippen LogP contribution in [-0.4, -0.2) is 140 Å². The summed E-state index contributed by atoms with van der Waals surface area (Å²) in [7, 11) is 0. The summed E-state index contributed by atoms with van der Waals surface area (Å²) in [5.41, 5.74) is 0. The third kappa shape index (κ3) is 32.9. The Morgan fingerprint density at radius 3 is 1.36 bits per heavy atom. The second-order valence-corrected chi connectivity index (χ2v) is 20.0. The molecule has 77 heavy (non-hydrogen) atoms. The van der Waals surface area contributed by atoms with Crippen molar-refractivity contribution < 1.29 is 64.6 Å². The molecule has 0 saturated carbocycles. The van der Waals surface area contributed by atoms with Gasteiger partial charge in [-0.2, -0.15) is 0 Å². The molecule has 0 spiro atoms. The minimum atomic E-state index is -1.79. The van der Waals surface area contributed by atoms with E-state index >= 15 is 0 Å². The molecule has 2 aliphatic heterocycles. The summed E-state index contributed by atoms with van der Waals surface area (Å²) >= 11 is 0. The lowest BCUT2D eigenvalue weighted by Crippen LogP contribution is -2.65. The molecule has 0 bridgehead atoms. The average Bonchev–Trinajstić information content (AvgIpc) is 3.43. The molecule has 0 radical (unpaired) electrons. The van der Waals surface area contributed by atoms with Gasteiger partial charge in [-0.1, -0.05) is 200 Å². The van der Waals surface area contributed by atoms with E-state index in [-0.39, 0.29) is 18.9 Å². The molecule has 0 aliphatic carbocycles. The average molecular weight is 1080 g/mol. The van der Waals surface area contributed by atoms with Crippen LogP contribution in [-0.2, 0) is 23.7 Å². The number of hydrogen-bond acceptors (Lipinski definition) is 13. The summed E-state index contributed by atoms with van der Waals surface area (Å²) in [6.07, 6.45) is 51.6. The summed E-state index contributed by atoms with van der Waals surface area (Å²) in [5.74, 6) is -0.231. The highest BCUT2D eigenvalue weighted by Gasteiger charge is 2.51. The first-order valence-electron chi connectivity index (χ1n) is 29.3. The second-order valence-electron chi connectivity index (χ2n) is 20.0. The predicted octanol–water partition coefficient (Wildman–Crippen LogP) is 9.83. The van der Waals surface area contributed by atoms with E-state index in [4.69, 9.17) is 18.9 Å². The third-order valence-corrected chi connectivity index (χ3v) is 13.4. The fraction of sp³-hybridized carbons (Fsp3) is 0.667. The molecule has 2 fully saturated rings. The van der Waals surface area contributed by atoms with Gasteiger partial charge in [-0.25, -0.2) is 0 Å². The molecule has 0 aromatic rings. The summed E-state index contributed by atoms with van der Waals surface area (Å²) in [6, 6.07) is -0.837. The number of unbranched alkanes of at least 4 members (excludes halogenated alkanes) is 11. The van der Waals surface area contributed by atoms with Crippen LogP contribution >= 0.6 is 0 Å². The number of rotatable bonds is 44. The standard InChI is InChI=1S/C63H103NO13/c1-3-5-7-9-10-11-12-13-14-15-16-17-18-19-20-21-22-23-24-25-26-27-28-29-30-31-32-33-34-35-36-37-38-39-40-41-42-43-45-47-55(68)64-51(52(67)46-44-8-6-4-2)50-74-62-60(73)58(71)61(54(49-66)76-62)77-63-59(72)57(70)56(69)53(48-65)75-63/h5,7,10-11,13-14,16-17,19-20,22-23,25-26,28-29,31-32,34-35,51-54,56-63,65-67,69-73H,3-4,6,8-9,12,15,18,21,24,27,30,33,36-50H2,1-2H3,(H,64,68)/b7-5-,11-10-,14-13-,17-16-,20-19-,23-22-,26-25-,29-28-,32-31-,35-34-. The molecule has 0 aromatic heterocycles. The van der Waals surface area contributed by atoms with E-state index in [1.54, 1.807) is 0 Å². The number of aliphatic hydroxyl groups excluding tert-OH is 8. The maximum Gasteiger partial charge on any atom is 0.220 e. The number of carbonyl (C=O) groups excluding carboxylic acids is 1. The van der Waals surface area contributed by atoms with Gasteiger partial charge < -0.3 is 65.1 Å². The second kappa shape index (κ2) is 47.2. The van der Waals surface area contributed by atoms with Crippen LogP contribution in [0.1, 0.15) is 174 Å². The van der Waals surface area contributed by atoms with Crippen molar-refractivity contribution in [2.45, 2.75) is 248 Å². The van der Waals surface area contributed by atoms with Gasteiger partial charge in [0.25, 0.3) is 0 Å². The number of allylic oxidation sites excluding steroid dienone is 20. The summed E-state index contributed by atoms with van der Waals surface area (Å²) in [4.78, 5) is 13.1. The molecule has 2 heterocycles. The lowest BCUT2D eigenvalue weighted by molar-refractivity contribution is -0.359. The Morgan fingerprint density at radius 1 is 0.481 bits per heavy atom. The number of aliphatic hydroxyl groups is 8. The highest BCUT2D eigenvalue weighted by atomic mass is 16.7. The normalized spacial score (nSPS) is 25.6. The van der Waals surface area contributed by atoms with Crippen molar-refractivity contribution in [2.24, 2.45) is 0 Å². The lowest BCUT2D eigenvalue weighted by Gasteiger charge is -2.46. The molecule has 2 rings (SSSR count). The minimum Gasteiger partial charge on any atom is -0.394 e. The quantitative estimate of drug-likeness (QED) is 0.0205. The van der Waals surface area contributed by atoms with Crippen molar-refractivity contribution in [2.75, 3.05) is 19.8 Å². The van der Waals surface area contributed by atoms with Gasteiger partial charge in [-0.15, -0.1) is 0 Å². The van der Waals surface area contributed by atoms with E-state index in [1.807, 2.05) is 0 Å². The van der Waals surface area contributed by atoms with E-state index < -0.39 is 86.8 Å². The fourth-order valence-electron chi connectivity index (χ4n) is 8.73. The van der Waals surface area contributed by atoms with Crippen molar-refractivity contribution >= 4 is 5.91 Å². The van der Waals surface area contributed by atoms with E-state index in [0.717, 1.165) is 122 Å². The van der Waals surface area contributed by atoms with Crippen LogP contribution in [0.15, 0.2) is 122 Å². The molecular weight excluding hydrogens is 979 g/mol. The van der Waals surface area contributed by atoms with Crippen LogP contribution in [0.25, 0.3) is 0 Å². The lowest BCUT2D eigenvalue weighted by atomic mass is 9.97. The Morgan fingerprint density at radius 2 is 0.896 bits per heavy atom. The Bertz CT molecular complexity index is 1750. The van der Waals surface area contributed by atoms with Gasteiger partial charge in [0.1, 0.15) is 48.8 Å². The van der Waals surface area contributed by atoms with Gasteiger partial charge in [-0.05, 0) is 89.9 Å². The van der Waals surface area contributed by atoms with Crippen molar-refractivity contribution in [1.29, 1.82) is 0 Å². The van der Waals surface area contributed by atoms with E-state index in [2.05, 4.69) is 141 Å². The molecule has 438 valence electrons. The number of hydrogen-bond donors (Lipinski definition) is 9.